The summed E-state index contributed by atoms with van der Waals surface area (Å²) in [6.07, 6.45) is -0.293. The van der Waals surface area contributed by atoms with Crippen molar-refractivity contribution in [1.82, 2.24) is 0 Å². The Morgan fingerprint density at radius 3 is 2.50 bits per heavy atom. The number of ketones is 1. The van der Waals surface area contributed by atoms with Gasteiger partial charge in [-0.05, 0) is 37.3 Å². The molecule has 0 aromatic heterocycles. The van der Waals surface area contributed by atoms with Gasteiger partial charge in [0.2, 0.25) is 0 Å². The summed E-state index contributed by atoms with van der Waals surface area (Å²) < 4.78 is 5.07. The van der Waals surface area contributed by atoms with Gasteiger partial charge in [-0.15, -0.1) is 0 Å². The molecule has 5 heteroatoms. The topological polar surface area (TPSA) is 66.8 Å². The quantitative estimate of drug-likeness (QED) is 0.877. The van der Waals surface area contributed by atoms with Gasteiger partial charge < -0.3 is 14.7 Å². The van der Waals surface area contributed by atoms with Gasteiger partial charge in [0.25, 0.3) is 5.91 Å². The molecule has 1 aliphatic rings. The molecular weight excluding hydrogens is 306 g/mol. The number of hydrogen-bond acceptors (Lipinski definition) is 4. The first kappa shape index (κ1) is 16.2. The third-order valence-electron chi connectivity index (χ3n) is 4.45. The summed E-state index contributed by atoms with van der Waals surface area (Å²) in [6.45, 7) is 1.88. The van der Waals surface area contributed by atoms with Gasteiger partial charge in [-0.25, -0.2) is 0 Å². The molecule has 0 saturated heterocycles. The van der Waals surface area contributed by atoms with E-state index in [-0.39, 0.29) is 12.2 Å². The van der Waals surface area contributed by atoms with E-state index in [1.54, 1.807) is 50.6 Å². The molecule has 1 atom stereocenters. The maximum atomic E-state index is 12.6. The summed E-state index contributed by atoms with van der Waals surface area (Å²) >= 11 is 0. The molecule has 24 heavy (non-hydrogen) atoms. The second-order valence-corrected chi connectivity index (χ2v) is 6.07. The fraction of sp³-hybridized carbons (Fsp3) is 0.263. The van der Waals surface area contributed by atoms with E-state index in [1.165, 1.54) is 4.90 Å². The molecule has 1 N–H and O–H groups in total. The highest BCUT2D eigenvalue weighted by Crippen LogP contribution is 2.42. The predicted molar refractivity (Wildman–Crippen MR) is 90.4 cm³/mol. The zero-order valence-corrected chi connectivity index (χ0v) is 13.9. The third kappa shape index (κ3) is 2.47. The molecule has 0 spiro atoms. The van der Waals surface area contributed by atoms with E-state index in [0.29, 0.717) is 22.6 Å². The van der Waals surface area contributed by atoms with E-state index in [4.69, 9.17) is 4.74 Å². The predicted octanol–water partition coefficient (Wildman–Crippen LogP) is 2.44. The molecule has 0 saturated carbocycles. The van der Waals surface area contributed by atoms with Crippen molar-refractivity contribution >= 4 is 17.4 Å². The number of benzene rings is 2. The average molecular weight is 325 g/mol. The number of carbonyl (C=O) groups excluding carboxylic acids is 2. The Balaban J connectivity index is 1.95. The number of nitrogens with zero attached hydrogens (tertiary/aromatic N) is 1. The fourth-order valence-corrected chi connectivity index (χ4v) is 3.06. The standard InChI is InChI=1S/C19H19NO4/c1-12-4-9-16-15(10-12)19(23,18(22)20(16)2)11-17(21)13-5-7-14(24-3)8-6-13/h4-10,23H,11H2,1-3H3. The van der Waals surface area contributed by atoms with Crippen LogP contribution in [0.25, 0.3) is 0 Å². The molecule has 0 bridgehead atoms. The van der Waals surface area contributed by atoms with Gasteiger partial charge >= 0.3 is 0 Å². The monoisotopic (exact) mass is 325 g/mol. The molecule has 5 nitrogen and oxygen atoms in total. The van der Waals surface area contributed by atoms with Crippen LogP contribution in [0.4, 0.5) is 5.69 Å². The summed E-state index contributed by atoms with van der Waals surface area (Å²) in [6, 6.07) is 12.0. The number of anilines is 1. The van der Waals surface area contributed by atoms with Crippen LogP contribution in [0.1, 0.15) is 27.9 Å². The van der Waals surface area contributed by atoms with Crippen molar-refractivity contribution in [2.75, 3.05) is 19.1 Å². The third-order valence-corrected chi connectivity index (χ3v) is 4.45. The Bertz CT molecular complexity index is 813. The summed E-state index contributed by atoms with van der Waals surface area (Å²) in [7, 11) is 3.15. The van der Waals surface area contributed by atoms with Crippen LogP contribution in [0, 0.1) is 6.92 Å². The maximum Gasteiger partial charge on any atom is 0.263 e. The van der Waals surface area contributed by atoms with Gasteiger partial charge in [0.05, 0.1) is 19.2 Å². The van der Waals surface area contributed by atoms with E-state index >= 15 is 0 Å². The Kier molecular flexibility index (Phi) is 3.89. The number of hydrogen-bond donors (Lipinski definition) is 1. The molecule has 2 aromatic rings. The minimum absolute atomic E-state index is 0.293. The molecule has 0 fully saturated rings. The number of aryl methyl sites for hydroxylation is 1. The van der Waals surface area contributed by atoms with Crippen molar-refractivity contribution < 1.29 is 19.4 Å². The number of Topliss-reactive ketones (excluding diaryl/α,β-unsaturated/α-hetero) is 1. The van der Waals surface area contributed by atoms with Gasteiger partial charge in [0.15, 0.2) is 11.4 Å². The molecular formula is C19H19NO4. The molecule has 1 unspecified atom stereocenters. The van der Waals surface area contributed by atoms with E-state index < -0.39 is 11.5 Å². The second-order valence-electron chi connectivity index (χ2n) is 6.07. The van der Waals surface area contributed by atoms with E-state index in [9.17, 15) is 14.7 Å². The minimum atomic E-state index is -1.83. The summed E-state index contributed by atoms with van der Waals surface area (Å²) in [5.41, 5.74) is 0.646. The number of amides is 1. The zero-order valence-electron chi connectivity index (χ0n) is 13.9. The summed E-state index contributed by atoms with van der Waals surface area (Å²) in [4.78, 5) is 26.5. The van der Waals surface area contributed by atoms with Crippen LogP contribution < -0.4 is 9.64 Å². The van der Waals surface area contributed by atoms with Crippen molar-refractivity contribution in [2.24, 2.45) is 0 Å². The van der Waals surface area contributed by atoms with Crippen LogP contribution in [0.5, 0.6) is 5.75 Å². The number of fused-ring (bicyclic) bond motifs is 1. The second kappa shape index (κ2) is 5.76. The van der Waals surface area contributed by atoms with Crippen LogP contribution in [0.2, 0.25) is 0 Å². The first-order valence-corrected chi connectivity index (χ1v) is 7.66. The van der Waals surface area contributed by atoms with Crippen molar-refractivity contribution in [3.05, 3.63) is 59.2 Å². The lowest BCUT2D eigenvalue weighted by molar-refractivity contribution is -0.135. The molecule has 3 rings (SSSR count). The Labute approximate surface area is 140 Å². The number of aliphatic hydroxyl groups is 1. The van der Waals surface area contributed by atoms with Crippen LogP contribution in [0.3, 0.4) is 0 Å². The van der Waals surface area contributed by atoms with E-state index in [1.807, 2.05) is 13.0 Å². The number of likely N-dealkylation sites (N-methyl/N-ethyl adjacent to an activating group) is 1. The Hall–Kier alpha value is -2.66. The maximum absolute atomic E-state index is 12.6. The largest absolute Gasteiger partial charge is 0.497 e. The number of methoxy groups -OCH3 is 1. The Morgan fingerprint density at radius 1 is 1.21 bits per heavy atom. The highest BCUT2D eigenvalue weighted by atomic mass is 16.5. The van der Waals surface area contributed by atoms with Crippen molar-refractivity contribution in [3.63, 3.8) is 0 Å². The van der Waals surface area contributed by atoms with Gasteiger partial charge in [-0.2, -0.15) is 0 Å². The lowest BCUT2D eigenvalue weighted by Gasteiger charge is -2.21. The number of ether oxygens (including phenoxy) is 1. The molecule has 2 aromatic carbocycles. The first-order valence-electron chi connectivity index (χ1n) is 7.66. The fourth-order valence-electron chi connectivity index (χ4n) is 3.06. The summed E-state index contributed by atoms with van der Waals surface area (Å²) in [5, 5.41) is 11.0. The van der Waals surface area contributed by atoms with Crippen LogP contribution in [0.15, 0.2) is 42.5 Å². The molecule has 1 heterocycles. The molecule has 0 aliphatic carbocycles. The lowest BCUT2D eigenvalue weighted by atomic mass is 9.87. The van der Waals surface area contributed by atoms with Gasteiger partial charge in [-0.3, -0.25) is 9.59 Å². The first-order chi connectivity index (χ1) is 11.4. The lowest BCUT2D eigenvalue weighted by Crippen LogP contribution is -2.40. The number of rotatable bonds is 4. The zero-order chi connectivity index (χ0) is 17.5. The smallest absolute Gasteiger partial charge is 0.263 e. The minimum Gasteiger partial charge on any atom is -0.497 e. The summed E-state index contributed by atoms with van der Waals surface area (Å²) in [5.74, 6) is -0.135. The van der Waals surface area contributed by atoms with Gasteiger partial charge in [-0.1, -0.05) is 17.7 Å². The van der Waals surface area contributed by atoms with Crippen LogP contribution >= 0.6 is 0 Å². The SMILES string of the molecule is COc1ccc(C(=O)CC2(O)C(=O)N(C)c3ccc(C)cc32)cc1. The van der Waals surface area contributed by atoms with Crippen molar-refractivity contribution in [3.8, 4) is 5.75 Å². The number of carbonyl (C=O) groups is 2. The molecule has 0 radical (unpaired) electrons. The van der Waals surface area contributed by atoms with Crippen LogP contribution in [-0.4, -0.2) is 31.0 Å². The van der Waals surface area contributed by atoms with E-state index in [0.717, 1.165) is 5.56 Å². The van der Waals surface area contributed by atoms with Gasteiger partial charge in [0.1, 0.15) is 5.75 Å². The highest BCUT2D eigenvalue weighted by Gasteiger charge is 2.49. The molecule has 1 amide bonds. The Morgan fingerprint density at radius 2 is 1.88 bits per heavy atom. The normalized spacial score (nSPS) is 19.3. The van der Waals surface area contributed by atoms with Crippen molar-refractivity contribution in [1.29, 1.82) is 0 Å². The molecule has 124 valence electrons. The van der Waals surface area contributed by atoms with E-state index in [2.05, 4.69) is 0 Å². The highest BCUT2D eigenvalue weighted by molar-refractivity contribution is 6.10. The van der Waals surface area contributed by atoms with Crippen LogP contribution in [-0.2, 0) is 10.4 Å². The molecule has 1 aliphatic heterocycles. The van der Waals surface area contributed by atoms with Crippen molar-refractivity contribution in [2.45, 2.75) is 18.9 Å². The van der Waals surface area contributed by atoms with Gasteiger partial charge in [0, 0.05) is 18.2 Å². The average Bonchev–Trinajstić information content (AvgIpc) is 2.76.